The summed E-state index contributed by atoms with van der Waals surface area (Å²) in [5.41, 5.74) is 5.13. The number of aryl methyl sites for hydroxylation is 1. The monoisotopic (exact) mass is 633 g/mol. The van der Waals surface area contributed by atoms with Gasteiger partial charge in [-0.3, -0.25) is 9.59 Å². The number of piperazine rings is 1. The topological polar surface area (TPSA) is 71.1 Å². The van der Waals surface area contributed by atoms with Crippen LogP contribution in [-0.2, 0) is 16.1 Å². The zero-order chi connectivity index (χ0) is 30.8. The molecule has 2 bridgehead atoms. The van der Waals surface area contributed by atoms with E-state index in [0.29, 0.717) is 60.8 Å². The molecule has 3 aromatic carbocycles. The average molecular weight is 635 g/mol. The molecular weight excluding hydrogens is 597 g/mol. The van der Waals surface area contributed by atoms with E-state index in [1.165, 1.54) is 5.56 Å². The number of amides is 2. The normalized spacial score (nSPS) is 19.5. The van der Waals surface area contributed by atoms with Gasteiger partial charge in [0, 0.05) is 44.2 Å². The smallest absolute Gasteiger partial charge is 0.252 e. The van der Waals surface area contributed by atoms with Crippen molar-refractivity contribution in [1.82, 2.24) is 15.1 Å². The molecule has 2 fully saturated rings. The van der Waals surface area contributed by atoms with Crippen LogP contribution in [0.4, 0.5) is 0 Å². The van der Waals surface area contributed by atoms with E-state index in [4.69, 9.17) is 32.7 Å². The van der Waals surface area contributed by atoms with Gasteiger partial charge in [0.2, 0.25) is 5.91 Å². The summed E-state index contributed by atoms with van der Waals surface area (Å²) in [4.78, 5) is 30.8. The molecule has 3 aromatic rings. The van der Waals surface area contributed by atoms with Gasteiger partial charge in [0.1, 0.15) is 29.7 Å². The lowest BCUT2D eigenvalue weighted by atomic mass is 9.82. The van der Waals surface area contributed by atoms with Crippen molar-refractivity contribution in [3.8, 4) is 11.5 Å². The Bertz CT molecular complexity index is 1570. The van der Waals surface area contributed by atoms with Crippen LogP contribution in [-0.4, -0.2) is 66.0 Å². The molecule has 2 aliphatic heterocycles. The van der Waals surface area contributed by atoms with Gasteiger partial charge in [-0.25, -0.2) is 0 Å². The number of fused-ring (bicyclic) bond motifs is 2. The number of halogens is 2. The molecule has 1 N–H and O–H groups in total. The molecule has 2 heterocycles. The molecule has 2 amide bonds. The largest absolute Gasteiger partial charge is 0.490 e. The lowest BCUT2D eigenvalue weighted by Gasteiger charge is -2.44. The fraction of sp³-hybridized carbons (Fsp3) is 0.371. The molecule has 7 nitrogen and oxygen atoms in total. The summed E-state index contributed by atoms with van der Waals surface area (Å²) >= 11 is 12.3. The van der Waals surface area contributed by atoms with Gasteiger partial charge in [-0.15, -0.1) is 0 Å². The molecule has 0 unspecified atom stereocenters. The highest BCUT2D eigenvalue weighted by Gasteiger charge is 2.43. The summed E-state index contributed by atoms with van der Waals surface area (Å²) in [7, 11) is 0. The van der Waals surface area contributed by atoms with Crippen molar-refractivity contribution in [2.24, 2.45) is 0 Å². The van der Waals surface area contributed by atoms with E-state index in [1.807, 2.05) is 40.1 Å². The first-order chi connectivity index (χ1) is 21.3. The number of ether oxygens (including phenoxy) is 2. The van der Waals surface area contributed by atoms with Crippen LogP contribution in [0.25, 0.3) is 5.57 Å². The minimum atomic E-state index is -0.223. The van der Waals surface area contributed by atoms with Gasteiger partial charge in [-0.2, -0.15) is 0 Å². The van der Waals surface area contributed by atoms with Crippen LogP contribution in [0.2, 0.25) is 10.0 Å². The van der Waals surface area contributed by atoms with Crippen molar-refractivity contribution in [3.63, 3.8) is 0 Å². The van der Waals surface area contributed by atoms with Crippen LogP contribution in [0.1, 0.15) is 42.9 Å². The third kappa shape index (κ3) is 6.90. The van der Waals surface area contributed by atoms with Crippen LogP contribution in [0.15, 0.2) is 72.3 Å². The van der Waals surface area contributed by atoms with Gasteiger partial charge in [0.25, 0.3) is 5.91 Å². The lowest BCUT2D eigenvalue weighted by Crippen LogP contribution is -2.61. The molecule has 9 heteroatoms. The van der Waals surface area contributed by atoms with Gasteiger partial charge in [-0.05, 0) is 67.2 Å². The maximum atomic E-state index is 14.5. The standard InChI is InChI=1S/C35H37Cl2N3O4/c1-22-5-3-6-24(17-22)19-40(27-11-12-27)35(42)33-29(18-26-20-39(23(2)41)21-31(33)38-26)25-9-13-28(14-10-25)43-15-16-44-32-8-4-7-30(36)34(32)37/h3-10,13-14,17,26-27,31,38H,11-12,15-16,18-21H2,1-2H3/t26-,31-/m1/s1. The fourth-order valence-electron chi connectivity index (χ4n) is 6.20. The molecule has 2 atom stereocenters. The third-order valence-corrected chi connectivity index (χ3v) is 9.29. The minimum absolute atomic E-state index is 0.0404. The van der Waals surface area contributed by atoms with Crippen molar-refractivity contribution in [1.29, 1.82) is 0 Å². The molecule has 230 valence electrons. The quantitative estimate of drug-likeness (QED) is 0.265. The molecule has 6 rings (SSSR count). The van der Waals surface area contributed by atoms with Crippen molar-refractivity contribution < 1.29 is 19.1 Å². The van der Waals surface area contributed by atoms with Crippen molar-refractivity contribution in [2.45, 2.75) is 57.8 Å². The molecular formula is C35H37Cl2N3O4. The molecule has 1 saturated heterocycles. The Morgan fingerprint density at radius 2 is 1.73 bits per heavy atom. The zero-order valence-electron chi connectivity index (χ0n) is 25.0. The lowest BCUT2D eigenvalue weighted by molar-refractivity contribution is -0.132. The Hall–Kier alpha value is -3.52. The maximum absolute atomic E-state index is 14.5. The number of rotatable bonds is 10. The van der Waals surface area contributed by atoms with Gasteiger partial charge in [0.15, 0.2) is 0 Å². The van der Waals surface area contributed by atoms with Crippen LogP contribution < -0.4 is 14.8 Å². The molecule has 3 aliphatic rings. The summed E-state index contributed by atoms with van der Waals surface area (Å²) in [6, 6.07) is 21.7. The van der Waals surface area contributed by atoms with Crippen molar-refractivity contribution in [2.75, 3.05) is 26.3 Å². The van der Waals surface area contributed by atoms with E-state index >= 15 is 0 Å². The summed E-state index contributed by atoms with van der Waals surface area (Å²) in [5, 5.41) is 4.49. The van der Waals surface area contributed by atoms with E-state index in [-0.39, 0.29) is 29.9 Å². The Morgan fingerprint density at radius 1 is 0.977 bits per heavy atom. The molecule has 44 heavy (non-hydrogen) atoms. The Labute approximate surface area is 268 Å². The molecule has 1 aliphatic carbocycles. The van der Waals surface area contributed by atoms with E-state index in [9.17, 15) is 9.59 Å². The Morgan fingerprint density at radius 3 is 2.45 bits per heavy atom. The summed E-state index contributed by atoms with van der Waals surface area (Å²) in [6.45, 7) is 6.01. The molecule has 0 aromatic heterocycles. The Balaban J connectivity index is 1.23. The van der Waals surface area contributed by atoms with E-state index < -0.39 is 0 Å². The first kappa shape index (κ1) is 30.5. The number of hydrogen-bond acceptors (Lipinski definition) is 5. The summed E-state index contributed by atoms with van der Waals surface area (Å²) in [6.07, 6.45) is 2.69. The molecule has 1 saturated carbocycles. The van der Waals surface area contributed by atoms with Crippen molar-refractivity contribution in [3.05, 3.63) is 99.0 Å². The van der Waals surface area contributed by atoms with Crippen LogP contribution in [0.5, 0.6) is 11.5 Å². The van der Waals surface area contributed by atoms with Crippen LogP contribution in [0.3, 0.4) is 0 Å². The van der Waals surface area contributed by atoms with Crippen LogP contribution >= 0.6 is 23.2 Å². The second-order valence-electron chi connectivity index (χ2n) is 11.9. The zero-order valence-corrected chi connectivity index (χ0v) is 26.5. The highest BCUT2D eigenvalue weighted by molar-refractivity contribution is 6.42. The van der Waals surface area contributed by atoms with Gasteiger partial charge >= 0.3 is 0 Å². The first-order valence-corrected chi connectivity index (χ1v) is 15.9. The van der Waals surface area contributed by atoms with Gasteiger partial charge < -0.3 is 24.6 Å². The second-order valence-corrected chi connectivity index (χ2v) is 12.6. The van der Waals surface area contributed by atoms with Gasteiger partial charge in [-0.1, -0.05) is 71.2 Å². The molecule has 0 radical (unpaired) electrons. The predicted octanol–water partition coefficient (Wildman–Crippen LogP) is 6.30. The number of carbonyl (C=O) groups is 2. The average Bonchev–Trinajstić information content (AvgIpc) is 3.85. The first-order valence-electron chi connectivity index (χ1n) is 15.2. The minimum Gasteiger partial charge on any atom is -0.490 e. The molecule has 0 spiro atoms. The second kappa shape index (κ2) is 13.2. The third-order valence-electron chi connectivity index (χ3n) is 8.49. The maximum Gasteiger partial charge on any atom is 0.252 e. The predicted molar refractivity (Wildman–Crippen MR) is 173 cm³/mol. The number of hydrogen-bond donors (Lipinski definition) is 1. The number of carbonyl (C=O) groups excluding carboxylic acids is 2. The van der Waals surface area contributed by atoms with Crippen LogP contribution in [0, 0.1) is 6.92 Å². The summed E-state index contributed by atoms with van der Waals surface area (Å²) in [5.74, 6) is 1.32. The number of nitrogens with zero attached hydrogens (tertiary/aromatic N) is 2. The SMILES string of the molecule is CC(=O)N1C[C@H]2CC(c3ccc(OCCOc4cccc(Cl)c4Cl)cc3)=C(C(=O)N(Cc3cccc(C)c3)C3CC3)[C@@H](C1)N2. The number of benzene rings is 3. The van der Waals surface area contributed by atoms with E-state index in [1.54, 1.807) is 25.1 Å². The van der Waals surface area contributed by atoms with E-state index in [2.05, 4.69) is 30.4 Å². The highest BCUT2D eigenvalue weighted by Crippen LogP contribution is 2.38. The van der Waals surface area contributed by atoms with E-state index in [0.717, 1.165) is 35.1 Å². The number of nitrogens with one attached hydrogen (secondary N) is 1. The van der Waals surface area contributed by atoms with Gasteiger partial charge in [0.05, 0.1) is 11.1 Å². The fourth-order valence-corrected chi connectivity index (χ4v) is 6.54. The summed E-state index contributed by atoms with van der Waals surface area (Å²) < 4.78 is 11.7. The Kier molecular flexibility index (Phi) is 9.17. The van der Waals surface area contributed by atoms with Crippen molar-refractivity contribution >= 4 is 40.6 Å². The highest BCUT2D eigenvalue weighted by atomic mass is 35.5.